The highest BCUT2D eigenvalue weighted by atomic mass is 16.3. The van der Waals surface area contributed by atoms with Crippen LogP contribution in [-0.2, 0) is 4.79 Å². The summed E-state index contributed by atoms with van der Waals surface area (Å²) >= 11 is 0. The molecule has 0 aliphatic heterocycles. The number of hydrogen-bond donors (Lipinski definition) is 2. The fraction of sp³-hybridized carbons (Fsp3) is 0.579. The quantitative estimate of drug-likeness (QED) is 0.724. The fourth-order valence-electron chi connectivity index (χ4n) is 3.24. The van der Waals surface area contributed by atoms with Crippen LogP contribution in [0.1, 0.15) is 61.7 Å². The zero-order chi connectivity index (χ0) is 16.5. The number of rotatable bonds is 8. The first kappa shape index (κ1) is 17.7. The van der Waals surface area contributed by atoms with E-state index in [1.165, 1.54) is 6.42 Å². The predicted molar refractivity (Wildman–Crippen MR) is 90.2 cm³/mol. The number of amides is 1. The lowest BCUT2D eigenvalue weighted by molar-refractivity contribution is -0.122. The Kier molecular flexibility index (Phi) is 6.78. The van der Waals surface area contributed by atoms with Crippen molar-refractivity contribution >= 4 is 11.7 Å². The SMILES string of the molecule is O=C(CCCC(=O)c1ccccc1)NCC1(CO)CCCCC1. The van der Waals surface area contributed by atoms with Gasteiger partial charge in [-0.2, -0.15) is 0 Å². The second-order valence-corrected chi connectivity index (χ2v) is 6.64. The Labute approximate surface area is 138 Å². The van der Waals surface area contributed by atoms with Crippen LogP contribution in [0.25, 0.3) is 0 Å². The van der Waals surface area contributed by atoms with Crippen LogP contribution in [0.15, 0.2) is 30.3 Å². The van der Waals surface area contributed by atoms with Gasteiger partial charge in [0.1, 0.15) is 0 Å². The number of benzene rings is 1. The largest absolute Gasteiger partial charge is 0.396 e. The van der Waals surface area contributed by atoms with Crippen molar-refractivity contribution in [3.63, 3.8) is 0 Å². The molecule has 0 bridgehead atoms. The molecule has 1 aromatic carbocycles. The van der Waals surface area contributed by atoms with Gasteiger partial charge in [-0.25, -0.2) is 0 Å². The summed E-state index contributed by atoms with van der Waals surface area (Å²) in [6.07, 6.45) is 6.75. The third kappa shape index (κ3) is 5.47. The number of nitrogens with one attached hydrogen (secondary N) is 1. The lowest BCUT2D eigenvalue weighted by Crippen LogP contribution is -2.41. The second-order valence-electron chi connectivity index (χ2n) is 6.64. The van der Waals surface area contributed by atoms with Crippen molar-refractivity contribution in [1.82, 2.24) is 5.32 Å². The van der Waals surface area contributed by atoms with E-state index in [4.69, 9.17) is 0 Å². The molecule has 0 heterocycles. The molecule has 2 rings (SSSR count). The molecule has 1 aliphatic rings. The summed E-state index contributed by atoms with van der Waals surface area (Å²) in [4.78, 5) is 23.9. The lowest BCUT2D eigenvalue weighted by Gasteiger charge is -2.35. The highest BCUT2D eigenvalue weighted by Crippen LogP contribution is 2.35. The zero-order valence-electron chi connectivity index (χ0n) is 13.7. The number of carbonyl (C=O) groups is 2. The van der Waals surface area contributed by atoms with Gasteiger partial charge >= 0.3 is 0 Å². The van der Waals surface area contributed by atoms with E-state index in [-0.39, 0.29) is 23.7 Å². The Hall–Kier alpha value is -1.68. The molecule has 1 amide bonds. The minimum Gasteiger partial charge on any atom is -0.396 e. The normalized spacial score (nSPS) is 16.7. The molecule has 23 heavy (non-hydrogen) atoms. The Morgan fingerprint density at radius 2 is 1.74 bits per heavy atom. The van der Waals surface area contributed by atoms with Gasteiger partial charge in [-0.15, -0.1) is 0 Å². The van der Waals surface area contributed by atoms with E-state index < -0.39 is 0 Å². The number of ketones is 1. The number of aliphatic hydroxyl groups excluding tert-OH is 1. The summed E-state index contributed by atoms with van der Waals surface area (Å²) in [5, 5.41) is 12.6. The Morgan fingerprint density at radius 3 is 2.39 bits per heavy atom. The second kappa shape index (κ2) is 8.82. The number of aliphatic hydroxyl groups is 1. The molecule has 1 aromatic rings. The summed E-state index contributed by atoms with van der Waals surface area (Å²) in [6, 6.07) is 9.18. The van der Waals surface area contributed by atoms with Crippen LogP contribution in [0.5, 0.6) is 0 Å². The maximum absolute atomic E-state index is 12.0. The van der Waals surface area contributed by atoms with Crippen LogP contribution in [-0.4, -0.2) is 29.9 Å². The van der Waals surface area contributed by atoms with E-state index >= 15 is 0 Å². The van der Waals surface area contributed by atoms with Gasteiger partial charge in [-0.3, -0.25) is 9.59 Å². The molecule has 0 radical (unpaired) electrons. The molecular formula is C19H27NO3. The van der Waals surface area contributed by atoms with Crippen molar-refractivity contribution in [1.29, 1.82) is 0 Å². The predicted octanol–water partition coefficient (Wildman–Crippen LogP) is 3.10. The smallest absolute Gasteiger partial charge is 0.220 e. The minimum atomic E-state index is -0.131. The van der Waals surface area contributed by atoms with Gasteiger partial charge < -0.3 is 10.4 Å². The molecule has 0 aromatic heterocycles. The van der Waals surface area contributed by atoms with Gasteiger partial charge in [-0.1, -0.05) is 49.6 Å². The summed E-state index contributed by atoms with van der Waals surface area (Å²) in [6.45, 7) is 0.689. The van der Waals surface area contributed by atoms with Crippen molar-refractivity contribution in [2.45, 2.75) is 51.4 Å². The summed E-state index contributed by atoms with van der Waals surface area (Å²) < 4.78 is 0. The molecular weight excluding hydrogens is 290 g/mol. The van der Waals surface area contributed by atoms with Gasteiger partial charge in [0.25, 0.3) is 0 Å². The van der Waals surface area contributed by atoms with E-state index in [2.05, 4.69) is 5.32 Å². The highest BCUT2D eigenvalue weighted by molar-refractivity contribution is 5.96. The summed E-state index contributed by atoms with van der Waals surface area (Å²) in [5.74, 6) is 0.0572. The van der Waals surface area contributed by atoms with Crippen LogP contribution in [0, 0.1) is 5.41 Å². The average Bonchev–Trinajstić information content (AvgIpc) is 2.61. The van der Waals surface area contributed by atoms with Crippen molar-refractivity contribution in [3.05, 3.63) is 35.9 Å². The van der Waals surface area contributed by atoms with Crippen LogP contribution >= 0.6 is 0 Å². The molecule has 0 saturated heterocycles. The number of hydrogen-bond acceptors (Lipinski definition) is 3. The van der Waals surface area contributed by atoms with Gasteiger partial charge in [0.15, 0.2) is 5.78 Å². The molecule has 0 unspecified atom stereocenters. The molecule has 4 heteroatoms. The van der Waals surface area contributed by atoms with Gasteiger partial charge in [-0.05, 0) is 19.3 Å². The molecule has 126 valence electrons. The highest BCUT2D eigenvalue weighted by Gasteiger charge is 2.31. The molecule has 1 aliphatic carbocycles. The monoisotopic (exact) mass is 317 g/mol. The summed E-state index contributed by atoms with van der Waals surface area (Å²) in [7, 11) is 0. The van der Waals surface area contributed by atoms with Crippen molar-refractivity contribution < 1.29 is 14.7 Å². The van der Waals surface area contributed by atoms with E-state index in [1.807, 2.05) is 18.2 Å². The van der Waals surface area contributed by atoms with Crippen LogP contribution in [0.3, 0.4) is 0 Å². The van der Waals surface area contributed by atoms with Crippen LogP contribution in [0.2, 0.25) is 0 Å². The standard InChI is InChI=1S/C19H27NO3/c21-15-19(12-5-2-6-13-19)14-20-18(23)11-7-10-17(22)16-8-3-1-4-9-16/h1,3-4,8-9,21H,2,5-7,10-15H2,(H,20,23). The third-order valence-corrected chi connectivity index (χ3v) is 4.81. The minimum absolute atomic E-state index is 0.0238. The topological polar surface area (TPSA) is 66.4 Å². The molecule has 0 atom stereocenters. The Morgan fingerprint density at radius 1 is 1.04 bits per heavy atom. The average molecular weight is 317 g/mol. The third-order valence-electron chi connectivity index (χ3n) is 4.81. The van der Waals surface area contributed by atoms with E-state index in [0.717, 1.165) is 25.7 Å². The van der Waals surface area contributed by atoms with Crippen LogP contribution in [0.4, 0.5) is 0 Å². The Bertz CT molecular complexity index is 507. The van der Waals surface area contributed by atoms with Gasteiger partial charge in [0.2, 0.25) is 5.91 Å². The van der Waals surface area contributed by atoms with Gasteiger partial charge in [0.05, 0.1) is 6.61 Å². The maximum Gasteiger partial charge on any atom is 0.220 e. The van der Waals surface area contributed by atoms with Gasteiger partial charge in [0, 0.05) is 30.4 Å². The van der Waals surface area contributed by atoms with Crippen molar-refractivity contribution in [3.8, 4) is 0 Å². The van der Waals surface area contributed by atoms with E-state index in [0.29, 0.717) is 31.4 Å². The molecule has 1 fully saturated rings. The molecule has 0 spiro atoms. The number of Topliss-reactive ketones (excluding diaryl/α,β-unsaturated/α-hetero) is 1. The number of carbonyl (C=O) groups excluding carboxylic acids is 2. The van der Waals surface area contributed by atoms with Crippen molar-refractivity contribution in [2.75, 3.05) is 13.2 Å². The van der Waals surface area contributed by atoms with Crippen molar-refractivity contribution in [2.24, 2.45) is 5.41 Å². The first-order valence-electron chi connectivity index (χ1n) is 8.61. The molecule has 1 saturated carbocycles. The van der Waals surface area contributed by atoms with Crippen LogP contribution < -0.4 is 5.32 Å². The maximum atomic E-state index is 12.0. The first-order chi connectivity index (χ1) is 11.2. The lowest BCUT2D eigenvalue weighted by atomic mass is 9.74. The molecule has 4 nitrogen and oxygen atoms in total. The Balaban J connectivity index is 1.68. The van der Waals surface area contributed by atoms with E-state index in [9.17, 15) is 14.7 Å². The summed E-state index contributed by atoms with van der Waals surface area (Å²) in [5.41, 5.74) is 0.572. The zero-order valence-corrected chi connectivity index (χ0v) is 13.7. The van der Waals surface area contributed by atoms with E-state index in [1.54, 1.807) is 12.1 Å². The first-order valence-corrected chi connectivity index (χ1v) is 8.61. The molecule has 2 N–H and O–H groups in total. The fourth-order valence-corrected chi connectivity index (χ4v) is 3.24.